The van der Waals surface area contributed by atoms with Crippen LogP contribution in [0.25, 0.3) is 0 Å². The van der Waals surface area contributed by atoms with Gasteiger partial charge < -0.3 is 4.90 Å². The van der Waals surface area contributed by atoms with Gasteiger partial charge in [0.2, 0.25) is 0 Å². The van der Waals surface area contributed by atoms with Gasteiger partial charge in [0.25, 0.3) is 0 Å². The minimum Gasteiger partial charge on any atom is -0.301 e. The zero-order valence-corrected chi connectivity index (χ0v) is 9.71. The Labute approximate surface area is 83.5 Å². The van der Waals surface area contributed by atoms with Gasteiger partial charge in [0.05, 0.1) is 0 Å². The van der Waals surface area contributed by atoms with Gasteiger partial charge in [-0.1, -0.05) is 26.7 Å². The van der Waals surface area contributed by atoms with Crippen molar-refractivity contribution in [2.75, 3.05) is 7.05 Å². The maximum atomic E-state index is 2.59. The van der Waals surface area contributed by atoms with Crippen molar-refractivity contribution >= 4 is 0 Å². The molecule has 13 heavy (non-hydrogen) atoms. The highest BCUT2D eigenvalue weighted by atomic mass is 15.2. The van der Waals surface area contributed by atoms with Gasteiger partial charge in [-0.25, -0.2) is 0 Å². The lowest BCUT2D eigenvalue weighted by Crippen LogP contribution is -2.40. The Bertz CT molecular complexity index is 144. The standard InChI is InChI=1S/C12H25N/c1-5-11(3)13(4)12-8-6-7-10(2)9-12/h10-12H,5-9H2,1-4H3. The summed E-state index contributed by atoms with van der Waals surface area (Å²) in [5.74, 6) is 0.949. The lowest BCUT2D eigenvalue weighted by molar-refractivity contribution is 0.123. The maximum absolute atomic E-state index is 2.59. The monoisotopic (exact) mass is 183 g/mol. The van der Waals surface area contributed by atoms with Gasteiger partial charge in [0.1, 0.15) is 0 Å². The van der Waals surface area contributed by atoms with Crippen LogP contribution in [0.1, 0.15) is 52.9 Å². The van der Waals surface area contributed by atoms with E-state index in [1.807, 2.05) is 0 Å². The first kappa shape index (κ1) is 11.0. The molecule has 1 fully saturated rings. The van der Waals surface area contributed by atoms with E-state index in [2.05, 4.69) is 32.7 Å². The average molecular weight is 183 g/mol. The molecule has 0 aromatic carbocycles. The molecule has 0 aromatic rings. The fraction of sp³-hybridized carbons (Fsp3) is 1.00. The summed E-state index contributed by atoms with van der Waals surface area (Å²) >= 11 is 0. The number of rotatable bonds is 3. The molecular weight excluding hydrogens is 158 g/mol. The van der Waals surface area contributed by atoms with Crippen molar-refractivity contribution in [1.29, 1.82) is 0 Å². The van der Waals surface area contributed by atoms with E-state index >= 15 is 0 Å². The summed E-state index contributed by atoms with van der Waals surface area (Å²) in [7, 11) is 2.30. The SMILES string of the molecule is CCC(C)N(C)C1CCCC(C)C1. The summed E-state index contributed by atoms with van der Waals surface area (Å²) in [6.45, 7) is 7.03. The molecule has 1 aliphatic carbocycles. The summed E-state index contributed by atoms with van der Waals surface area (Å²) < 4.78 is 0. The predicted molar refractivity (Wildman–Crippen MR) is 58.9 cm³/mol. The molecule has 3 atom stereocenters. The molecule has 0 aromatic heterocycles. The van der Waals surface area contributed by atoms with Crippen LogP contribution < -0.4 is 0 Å². The molecule has 78 valence electrons. The van der Waals surface area contributed by atoms with Crippen LogP contribution in [-0.4, -0.2) is 24.0 Å². The molecular formula is C12H25N. The van der Waals surface area contributed by atoms with Gasteiger partial charge in [-0.15, -0.1) is 0 Å². The lowest BCUT2D eigenvalue weighted by Gasteiger charge is -2.37. The molecule has 0 spiro atoms. The first-order valence-corrected chi connectivity index (χ1v) is 5.87. The summed E-state index contributed by atoms with van der Waals surface area (Å²) in [6, 6.07) is 1.62. The second-order valence-electron chi connectivity index (χ2n) is 4.85. The Kier molecular flexibility index (Phi) is 4.24. The topological polar surface area (TPSA) is 3.24 Å². The molecule has 1 nitrogen and oxygen atoms in total. The second kappa shape index (κ2) is 4.99. The predicted octanol–water partition coefficient (Wildman–Crippen LogP) is 3.30. The van der Waals surface area contributed by atoms with Crippen molar-refractivity contribution in [3.05, 3.63) is 0 Å². The van der Waals surface area contributed by atoms with Crippen molar-refractivity contribution in [3.8, 4) is 0 Å². The average Bonchev–Trinajstić information content (AvgIpc) is 2.15. The van der Waals surface area contributed by atoms with Crippen LogP contribution in [0.3, 0.4) is 0 Å². The number of nitrogens with zero attached hydrogens (tertiary/aromatic N) is 1. The number of hydrogen-bond acceptors (Lipinski definition) is 1. The van der Waals surface area contributed by atoms with E-state index in [-0.39, 0.29) is 0 Å². The van der Waals surface area contributed by atoms with Crippen LogP contribution in [0.5, 0.6) is 0 Å². The van der Waals surface area contributed by atoms with Gasteiger partial charge in [-0.2, -0.15) is 0 Å². The van der Waals surface area contributed by atoms with E-state index in [1.165, 1.54) is 32.1 Å². The highest BCUT2D eigenvalue weighted by molar-refractivity contribution is 4.79. The molecule has 1 aliphatic rings. The van der Waals surface area contributed by atoms with Crippen molar-refractivity contribution in [3.63, 3.8) is 0 Å². The molecule has 0 amide bonds. The molecule has 0 radical (unpaired) electrons. The third-order valence-electron chi connectivity index (χ3n) is 3.77. The minimum absolute atomic E-state index is 0.760. The molecule has 1 saturated carbocycles. The molecule has 0 aliphatic heterocycles. The van der Waals surface area contributed by atoms with E-state index in [9.17, 15) is 0 Å². The summed E-state index contributed by atoms with van der Waals surface area (Å²) in [6.07, 6.45) is 7.00. The molecule has 0 heterocycles. The van der Waals surface area contributed by atoms with Crippen LogP contribution in [0.2, 0.25) is 0 Å². The Morgan fingerprint density at radius 1 is 1.38 bits per heavy atom. The second-order valence-corrected chi connectivity index (χ2v) is 4.85. The Balaban J connectivity index is 2.41. The van der Waals surface area contributed by atoms with Gasteiger partial charge >= 0.3 is 0 Å². The molecule has 0 bridgehead atoms. The Morgan fingerprint density at radius 3 is 2.62 bits per heavy atom. The van der Waals surface area contributed by atoms with Gasteiger partial charge in [-0.05, 0) is 39.2 Å². The van der Waals surface area contributed by atoms with E-state index < -0.39 is 0 Å². The van der Waals surface area contributed by atoms with Crippen LogP contribution in [0.15, 0.2) is 0 Å². The quantitative estimate of drug-likeness (QED) is 0.649. The summed E-state index contributed by atoms with van der Waals surface area (Å²) in [5.41, 5.74) is 0. The van der Waals surface area contributed by atoms with Crippen LogP contribution in [0.4, 0.5) is 0 Å². The lowest BCUT2D eigenvalue weighted by atomic mass is 9.86. The molecule has 1 heteroatoms. The fourth-order valence-corrected chi connectivity index (χ4v) is 2.42. The third kappa shape index (κ3) is 2.98. The minimum atomic E-state index is 0.760. The van der Waals surface area contributed by atoms with E-state index in [4.69, 9.17) is 0 Å². The maximum Gasteiger partial charge on any atom is 0.00975 e. The van der Waals surface area contributed by atoms with Gasteiger partial charge in [0, 0.05) is 12.1 Å². The molecule has 1 rings (SSSR count). The van der Waals surface area contributed by atoms with Crippen molar-refractivity contribution < 1.29 is 0 Å². The molecule has 0 N–H and O–H groups in total. The number of hydrogen-bond donors (Lipinski definition) is 0. The van der Waals surface area contributed by atoms with E-state index in [0.717, 1.165) is 18.0 Å². The van der Waals surface area contributed by atoms with Crippen molar-refractivity contribution in [2.24, 2.45) is 5.92 Å². The van der Waals surface area contributed by atoms with Crippen LogP contribution in [0, 0.1) is 5.92 Å². The van der Waals surface area contributed by atoms with Crippen LogP contribution in [-0.2, 0) is 0 Å². The highest BCUT2D eigenvalue weighted by Gasteiger charge is 2.24. The first-order chi connectivity index (χ1) is 6.15. The first-order valence-electron chi connectivity index (χ1n) is 5.87. The summed E-state index contributed by atoms with van der Waals surface area (Å²) in [4.78, 5) is 2.59. The smallest absolute Gasteiger partial charge is 0.00975 e. The van der Waals surface area contributed by atoms with Gasteiger partial charge in [0.15, 0.2) is 0 Å². The highest BCUT2D eigenvalue weighted by Crippen LogP contribution is 2.27. The van der Waals surface area contributed by atoms with Crippen LogP contribution >= 0.6 is 0 Å². The Hall–Kier alpha value is -0.0400. The zero-order chi connectivity index (χ0) is 9.84. The largest absolute Gasteiger partial charge is 0.301 e. The normalized spacial score (nSPS) is 32.1. The molecule has 0 saturated heterocycles. The molecule has 3 unspecified atom stereocenters. The summed E-state index contributed by atoms with van der Waals surface area (Å²) in [5, 5.41) is 0. The zero-order valence-electron chi connectivity index (χ0n) is 9.71. The fourth-order valence-electron chi connectivity index (χ4n) is 2.42. The third-order valence-corrected chi connectivity index (χ3v) is 3.77. The van der Waals surface area contributed by atoms with E-state index in [0.29, 0.717) is 0 Å². The van der Waals surface area contributed by atoms with Crippen molar-refractivity contribution in [1.82, 2.24) is 4.90 Å². The van der Waals surface area contributed by atoms with Crippen molar-refractivity contribution in [2.45, 2.75) is 65.0 Å². The van der Waals surface area contributed by atoms with E-state index in [1.54, 1.807) is 0 Å². The van der Waals surface area contributed by atoms with Gasteiger partial charge in [-0.3, -0.25) is 0 Å². The Morgan fingerprint density at radius 2 is 2.08 bits per heavy atom.